The first kappa shape index (κ1) is 18.2. The molecule has 0 aliphatic heterocycles. The number of nitrogens with two attached hydrogens (primary N) is 1. The maximum Gasteiger partial charge on any atom is 0.273 e. The summed E-state index contributed by atoms with van der Waals surface area (Å²) < 4.78 is 78.4. The molecule has 1 aliphatic carbocycles. The van der Waals surface area contributed by atoms with Gasteiger partial charge < -0.3 is 5.73 Å². The molecule has 0 aromatic heterocycles. The summed E-state index contributed by atoms with van der Waals surface area (Å²) in [6, 6.07) is 4.38. The van der Waals surface area contributed by atoms with Crippen LogP contribution in [-0.4, -0.2) is 41.9 Å². The monoisotopic (exact) mass is 369 g/mol. The van der Waals surface area contributed by atoms with Gasteiger partial charge in [0.2, 0.25) is 20.0 Å². The minimum Gasteiger partial charge on any atom is -0.325 e. The zero-order valence-corrected chi connectivity index (χ0v) is 13.6. The van der Waals surface area contributed by atoms with E-state index in [0.717, 1.165) is 25.0 Å². The van der Waals surface area contributed by atoms with Crippen molar-refractivity contribution in [3.63, 3.8) is 0 Å². The molecule has 0 amide bonds. The van der Waals surface area contributed by atoms with Crippen molar-refractivity contribution >= 4 is 20.0 Å². The Labute approximate surface area is 133 Å². The van der Waals surface area contributed by atoms with Gasteiger partial charge >= 0.3 is 0 Å². The number of halogens is 2. The maximum absolute atomic E-state index is 13.1. The Kier molecular flexibility index (Phi) is 5.06. The number of hydrogen-bond acceptors (Lipinski definition) is 5. The molecule has 0 radical (unpaired) electrons. The molecule has 130 valence electrons. The Morgan fingerprint density at radius 2 is 1.70 bits per heavy atom. The van der Waals surface area contributed by atoms with Crippen LogP contribution in [0.25, 0.3) is 0 Å². The minimum absolute atomic E-state index is 0.137. The lowest BCUT2D eigenvalue weighted by atomic mass is 10.3. The molecule has 4 N–H and O–H groups in total. The van der Waals surface area contributed by atoms with Crippen LogP contribution in [0.3, 0.4) is 0 Å². The fourth-order valence-corrected chi connectivity index (χ4v) is 4.19. The molecule has 0 atom stereocenters. The first-order valence-corrected chi connectivity index (χ1v) is 9.72. The van der Waals surface area contributed by atoms with Crippen LogP contribution in [0.4, 0.5) is 8.78 Å². The normalized spacial score (nSPS) is 16.5. The van der Waals surface area contributed by atoms with E-state index in [9.17, 15) is 25.6 Å². The first-order valence-electron chi connectivity index (χ1n) is 6.76. The Bertz CT molecular complexity index is 777. The van der Waals surface area contributed by atoms with Gasteiger partial charge in [-0.15, -0.1) is 0 Å². The van der Waals surface area contributed by atoms with Gasteiger partial charge in [-0.2, -0.15) is 0 Å². The SMILES string of the molecule is NCC(F)(F)CNS(=O)(=O)c1cccc(S(=O)(=O)NC2CC2)c1. The van der Waals surface area contributed by atoms with Gasteiger partial charge in [0.25, 0.3) is 5.92 Å². The second-order valence-electron chi connectivity index (χ2n) is 5.26. The average Bonchev–Trinajstić information content (AvgIpc) is 3.29. The molecule has 1 aliphatic rings. The zero-order chi connectivity index (χ0) is 17.3. The number of rotatable bonds is 8. The largest absolute Gasteiger partial charge is 0.325 e. The molecular formula is C12H17F2N3O4S2. The maximum atomic E-state index is 13.1. The molecule has 23 heavy (non-hydrogen) atoms. The smallest absolute Gasteiger partial charge is 0.273 e. The highest BCUT2D eigenvalue weighted by Gasteiger charge is 2.31. The molecule has 11 heteroatoms. The van der Waals surface area contributed by atoms with Gasteiger partial charge in [-0.05, 0) is 31.0 Å². The predicted molar refractivity (Wildman–Crippen MR) is 79.0 cm³/mol. The lowest BCUT2D eigenvalue weighted by Gasteiger charge is -2.15. The molecule has 0 heterocycles. The van der Waals surface area contributed by atoms with Crippen LogP contribution in [0, 0.1) is 0 Å². The molecule has 2 rings (SSSR count). The van der Waals surface area contributed by atoms with Gasteiger partial charge in [0.05, 0.1) is 22.9 Å². The summed E-state index contributed by atoms with van der Waals surface area (Å²) in [7, 11) is -8.12. The van der Waals surface area contributed by atoms with E-state index in [2.05, 4.69) is 4.72 Å². The Morgan fingerprint density at radius 3 is 2.22 bits per heavy atom. The lowest BCUT2D eigenvalue weighted by Crippen LogP contribution is -2.41. The molecular weight excluding hydrogens is 352 g/mol. The van der Waals surface area contributed by atoms with Crippen molar-refractivity contribution in [2.45, 2.75) is 34.6 Å². The Morgan fingerprint density at radius 1 is 1.13 bits per heavy atom. The number of nitrogens with one attached hydrogen (secondary N) is 2. The van der Waals surface area contributed by atoms with E-state index < -0.39 is 44.0 Å². The quantitative estimate of drug-likeness (QED) is 0.596. The van der Waals surface area contributed by atoms with Crippen molar-refractivity contribution in [3.05, 3.63) is 24.3 Å². The third kappa shape index (κ3) is 4.91. The van der Waals surface area contributed by atoms with E-state index in [-0.39, 0.29) is 10.9 Å². The third-order valence-electron chi connectivity index (χ3n) is 3.14. The van der Waals surface area contributed by atoms with Gasteiger partial charge in [-0.25, -0.2) is 35.1 Å². The van der Waals surface area contributed by atoms with E-state index >= 15 is 0 Å². The van der Waals surface area contributed by atoms with Crippen molar-refractivity contribution < 1.29 is 25.6 Å². The highest BCUT2D eigenvalue weighted by molar-refractivity contribution is 7.90. The summed E-state index contributed by atoms with van der Waals surface area (Å²) in [6.07, 6.45) is 1.46. The minimum atomic E-state index is -4.28. The van der Waals surface area contributed by atoms with E-state index in [1.807, 2.05) is 0 Å². The molecule has 7 nitrogen and oxygen atoms in total. The van der Waals surface area contributed by atoms with E-state index in [4.69, 9.17) is 5.73 Å². The van der Waals surface area contributed by atoms with Crippen LogP contribution in [-0.2, 0) is 20.0 Å². The molecule has 1 fully saturated rings. The lowest BCUT2D eigenvalue weighted by molar-refractivity contribution is 0.0170. The van der Waals surface area contributed by atoms with Crippen molar-refractivity contribution in [3.8, 4) is 0 Å². The van der Waals surface area contributed by atoms with Crippen LogP contribution >= 0.6 is 0 Å². The van der Waals surface area contributed by atoms with E-state index in [0.29, 0.717) is 0 Å². The summed E-state index contributed by atoms with van der Waals surface area (Å²) in [4.78, 5) is -0.651. The fourth-order valence-electron chi connectivity index (χ4n) is 1.65. The van der Waals surface area contributed by atoms with Crippen LogP contribution in [0.15, 0.2) is 34.1 Å². The third-order valence-corrected chi connectivity index (χ3v) is 6.06. The highest BCUT2D eigenvalue weighted by Crippen LogP contribution is 2.23. The number of sulfonamides is 2. The summed E-state index contributed by atoms with van der Waals surface area (Å²) in [5, 5.41) is 0. The first-order chi connectivity index (χ1) is 10.6. The predicted octanol–water partition coefficient (Wildman–Crippen LogP) is -0.000400. The van der Waals surface area contributed by atoms with Crippen LogP contribution in [0.1, 0.15) is 12.8 Å². The number of benzene rings is 1. The molecule has 1 aromatic carbocycles. The van der Waals surface area contributed by atoms with Crippen molar-refractivity contribution in [1.29, 1.82) is 0 Å². The van der Waals surface area contributed by atoms with Gasteiger partial charge in [-0.3, -0.25) is 0 Å². The van der Waals surface area contributed by atoms with Crippen molar-refractivity contribution in [1.82, 2.24) is 9.44 Å². The molecule has 1 saturated carbocycles. The van der Waals surface area contributed by atoms with Crippen LogP contribution < -0.4 is 15.2 Å². The van der Waals surface area contributed by atoms with E-state index in [1.54, 1.807) is 4.72 Å². The zero-order valence-electron chi connectivity index (χ0n) is 12.0. The standard InChI is InChI=1S/C12H17F2N3O4S2/c13-12(14,7-15)8-16-22(18,19)10-2-1-3-11(6-10)23(20,21)17-9-4-5-9/h1-3,6,9,16-17H,4-5,7-8,15H2. The van der Waals surface area contributed by atoms with Gasteiger partial charge in [-0.1, -0.05) is 6.07 Å². The van der Waals surface area contributed by atoms with Crippen molar-refractivity contribution in [2.24, 2.45) is 5.73 Å². The Balaban J connectivity index is 2.21. The summed E-state index contributed by atoms with van der Waals surface area (Å²) in [6.45, 7) is -2.17. The number of hydrogen-bond donors (Lipinski definition) is 3. The average molecular weight is 369 g/mol. The molecule has 0 spiro atoms. The van der Waals surface area contributed by atoms with E-state index in [1.165, 1.54) is 12.1 Å². The fraction of sp³-hybridized carbons (Fsp3) is 0.500. The van der Waals surface area contributed by atoms with Crippen molar-refractivity contribution in [2.75, 3.05) is 13.1 Å². The van der Waals surface area contributed by atoms with Crippen LogP contribution in [0.2, 0.25) is 0 Å². The summed E-state index contributed by atoms with van der Waals surface area (Å²) in [5.74, 6) is -3.38. The second-order valence-corrected chi connectivity index (χ2v) is 8.74. The van der Waals surface area contributed by atoms with Gasteiger partial charge in [0.15, 0.2) is 0 Å². The van der Waals surface area contributed by atoms with Crippen LogP contribution in [0.5, 0.6) is 0 Å². The Hall–Kier alpha value is -1.14. The number of alkyl halides is 2. The van der Waals surface area contributed by atoms with Gasteiger partial charge in [0.1, 0.15) is 0 Å². The second kappa shape index (κ2) is 6.40. The molecule has 0 bridgehead atoms. The molecule has 0 saturated heterocycles. The highest BCUT2D eigenvalue weighted by atomic mass is 32.2. The summed E-state index contributed by atoms with van der Waals surface area (Å²) >= 11 is 0. The topological polar surface area (TPSA) is 118 Å². The summed E-state index contributed by atoms with van der Waals surface area (Å²) in [5.41, 5.74) is 4.84. The molecule has 0 unspecified atom stereocenters. The molecule has 1 aromatic rings. The van der Waals surface area contributed by atoms with Gasteiger partial charge in [0, 0.05) is 6.04 Å².